The van der Waals surface area contributed by atoms with Crippen LogP contribution in [0.15, 0.2) is 42.5 Å². The predicted octanol–water partition coefficient (Wildman–Crippen LogP) is 4.48. The van der Waals surface area contributed by atoms with Crippen LogP contribution in [0.5, 0.6) is 0 Å². The maximum Gasteiger partial charge on any atom is 0.226 e. The van der Waals surface area contributed by atoms with Crippen molar-refractivity contribution in [2.24, 2.45) is 23.5 Å². The van der Waals surface area contributed by atoms with Crippen molar-refractivity contribution in [1.82, 2.24) is 10.2 Å². The lowest BCUT2D eigenvalue weighted by Crippen LogP contribution is -2.51. The third-order valence-corrected chi connectivity index (χ3v) is 6.69. The average molecular weight is 438 g/mol. The molecule has 1 saturated heterocycles. The summed E-state index contributed by atoms with van der Waals surface area (Å²) in [7, 11) is 0. The lowest BCUT2D eigenvalue weighted by atomic mass is 9.81. The van der Waals surface area contributed by atoms with Crippen LogP contribution in [0.2, 0.25) is 0 Å². The number of nitrogens with one attached hydrogen (secondary N) is 1. The number of likely N-dealkylation sites (tertiary alicyclic amines) is 1. The summed E-state index contributed by atoms with van der Waals surface area (Å²) in [6.07, 6.45) is 4.26. The number of fused-ring (bicyclic) bond motifs is 1. The Kier molecular flexibility index (Phi) is 8.68. The van der Waals surface area contributed by atoms with Gasteiger partial charge in [0.05, 0.1) is 0 Å². The van der Waals surface area contributed by atoms with Gasteiger partial charge in [-0.25, -0.2) is 0 Å². The van der Waals surface area contributed by atoms with Gasteiger partial charge in [-0.1, -0.05) is 69.7 Å². The molecule has 5 heteroatoms. The van der Waals surface area contributed by atoms with E-state index in [4.69, 9.17) is 5.73 Å². The molecule has 2 aromatic carbocycles. The Hall–Kier alpha value is -2.40. The summed E-state index contributed by atoms with van der Waals surface area (Å²) < 4.78 is 0. The van der Waals surface area contributed by atoms with Gasteiger partial charge in [0, 0.05) is 37.5 Å². The van der Waals surface area contributed by atoms with E-state index in [9.17, 15) is 9.59 Å². The standard InChI is InChI=1S/C27H39N3O2/c1-4-9-24(26(28)31)25(16-19(2)3)27(32)30-15-8-13-22(18-30)29-17-21-12-7-11-20-10-5-6-14-23(20)21/h5-7,10-12,14,19,22,24-25,29H,4,8-9,13,15-18H2,1-3H3,(H2,28,31). The van der Waals surface area contributed by atoms with Gasteiger partial charge in [0.25, 0.3) is 0 Å². The van der Waals surface area contributed by atoms with Gasteiger partial charge in [-0.2, -0.15) is 0 Å². The van der Waals surface area contributed by atoms with Crippen molar-refractivity contribution in [2.75, 3.05) is 13.1 Å². The molecule has 0 aromatic heterocycles. The fourth-order valence-electron chi connectivity index (χ4n) is 5.08. The number of carbonyl (C=O) groups excluding carboxylic acids is 2. The van der Waals surface area contributed by atoms with Gasteiger partial charge < -0.3 is 16.0 Å². The van der Waals surface area contributed by atoms with E-state index in [1.807, 2.05) is 11.8 Å². The van der Waals surface area contributed by atoms with Crippen LogP contribution in [-0.2, 0) is 16.1 Å². The number of nitrogens with zero attached hydrogens (tertiary/aromatic N) is 1. The Morgan fingerprint density at radius 2 is 1.88 bits per heavy atom. The minimum atomic E-state index is -0.376. The number of amides is 2. The number of nitrogens with two attached hydrogens (primary N) is 1. The highest BCUT2D eigenvalue weighted by atomic mass is 16.2. The molecule has 2 aromatic rings. The highest BCUT2D eigenvalue weighted by molar-refractivity contribution is 5.87. The Morgan fingerprint density at radius 1 is 1.12 bits per heavy atom. The zero-order valence-corrected chi connectivity index (χ0v) is 19.8. The van der Waals surface area contributed by atoms with E-state index < -0.39 is 0 Å². The molecule has 3 unspecified atom stereocenters. The molecule has 0 spiro atoms. The SMILES string of the molecule is CCCC(C(N)=O)C(CC(C)C)C(=O)N1CCCC(NCc2cccc3ccccc23)C1. The number of rotatable bonds is 10. The molecule has 0 radical (unpaired) electrons. The Labute approximate surface area is 192 Å². The van der Waals surface area contributed by atoms with Gasteiger partial charge >= 0.3 is 0 Å². The first-order chi connectivity index (χ1) is 15.4. The summed E-state index contributed by atoms with van der Waals surface area (Å²) in [5.41, 5.74) is 7.01. The second-order valence-corrected chi connectivity index (χ2v) is 9.68. The molecule has 3 N–H and O–H groups in total. The maximum atomic E-state index is 13.5. The number of piperidine rings is 1. The van der Waals surface area contributed by atoms with Gasteiger partial charge in [-0.3, -0.25) is 9.59 Å². The monoisotopic (exact) mass is 437 g/mol. The molecular weight excluding hydrogens is 398 g/mol. The van der Waals surface area contributed by atoms with Crippen molar-refractivity contribution in [3.8, 4) is 0 Å². The van der Waals surface area contributed by atoms with Gasteiger partial charge in [0.15, 0.2) is 0 Å². The summed E-state index contributed by atoms with van der Waals surface area (Å²) in [6, 6.07) is 15.1. The molecular formula is C27H39N3O2. The van der Waals surface area contributed by atoms with Gasteiger partial charge in [-0.05, 0) is 47.9 Å². The van der Waals surface area contributed by atoms with Crippen LogP contribution in [0, 0.1) is 17.8 Å². The number of hydrogen-bond acceptors (Lipinski definition) is 3. The number of primary amides is 1. The Bertz CT molecular complexity index is 905. The van der Waals surface area contributed by atoms with E-state index in [-0.39, 0.29) is 29.7 Å². The average Bonchev–Trinajstić information content (AvgIpc) is 2.79. The maximum absolute atomic E-state index is 13.5. The van der Waals surface area contributed by atoms with Crippen LogP contribution in [0.3, 0.4) is 0 Å². The van der Waals surface area contributed by atoms with Crippen LogP contribution in [-0.4, -0.2) is 35.8 Å². The summed E-state index contributed by atoms with van der Waals surface area (Å²) >= 11 is 0. The zero-order valence-electron chi connectivity index (χ0n) is 19.8. The molecule has 1 heterocycles. The van der Waals surface area contributed by atoms with Crippen LogP contribution >= 0.6 is 0 Å². The first-order valence-electron chi connectivity index (χ1n) is 12.2. The van der Waals surface area contributed by atoms with Crippen molar-refractivity contribution in [3.63, 3.8) is 0 Å². The Morgan fingerprint density at radius 3 is 2.59 bits per heavy atom. The summed E-state index contributed by atoms with van der Waals surface area (Å²) in [5.74, 6) is -0.586. The highest BCUT2D eigenvalue weighted by Gasteiger charge is 2.36. The van der Waals surface area contributed by atoms with Gasteiger partial charge in [-0.15, -0.1) is 0 Å². The van der Waals surface area contributed by atoms with E-state index in [0.29, 0.717) is 25.3 Å². The minimum Gasteiger partial charge on any atom is -0.369 e. The molecule has 1 fully saturated rings. The first kappa shape index (κ1) is 24.2. The summed E-state index contributed by atoms with van der Waals surface area (Å²) in [6.45, 7) is 8.49. The number of hydrogen-bond donors (Lipinski definition) is 2. The lowest BCUT2D eigenvalue weighted by Gasteiger charge is -2.37. The van der Waals surface area contributed by atoms with Gasteiger partial charge in [0.2, 0.25) is 11.8 Å². The van der Waals surface area contributed by atoms with E-state index in [2.05, 4.69) is 61.6 Å². The normalized spacial score (nSPS) is 18.6. The minimum absolute atomic E-state index is 0.104. The molecule has 0 saturated carbocycles. The van der Waals surface area contributed by atoms with Crippen LogP contribution in [0.4, 0.5) is 0 Å². The first-order valence-corrected chi connectivity index (χ1v) is 12.2. The highest BCUT2D eigenvalue weighted by Crippen LogP contribution is 2.28. The van der Waals surface area contributed by atoms with E-state index in [1.165, 1.54) is 16.3 Å². The smallest absolute Gasteiger partial charge is 0.226 e. The lowest BCUT2D eigenvalue weighted by molar-refractivity contribution is -0.143. The zero-order chi connectivity index (χ0) is 23.1. The van der Waals surface area contributed by atoms with Crippen molar-refractivity contribution in [3.05, 3.63) is 48.0 Å². The fraction of sp³-hybridized carbons (Fsp3) is 0.556. The largest absolute Gasteiger partial charge is 0.369 e. The molecule has 2 amide bonds. The van der Waals surface area contributed by atoms with Crippen molar-refractivity contribution >= 4 is 22.6 Å². The quantitative estimate of drug-likeness (QED) is 0.575. The molecule has 1 aliphatic heterocycles. The molecule has 0 bridgehead atoms. The van der Waals surface area contributed by atoms with Gasteiger partial charge in [0.1, 0.15) is 0 Å². The number of carbonyl (C=O) groups is 2. The van der Waals surface area contributed by atoms with Crippen LogP contribution in [0.1, 0.15) is 58.4 Å². The van der Waals surface area contributed by atoms with Crippen molar-refractivity contribution < 1.29 is 9.59 Å². The summed E-state index contributed by atoms with van der Waals surface area (Å²) in [5, 5.41) is 6.20. The van der Waals surface area contributed by atoms with E-state index in [1.54, 1.807) is 0 Å². The van der Waals surface area contributed by atoms with Crippen molar-refractivity contribution in [1.29, 1.82) is 0 Å². The van der Waals surface area contributed by atoms with Crippen LogP contribution < -0.4 is 11.1 Å². The third kappa shape index (κ3) is 6.10. The van der Waals surface area contributed by atoms with Crippen molar-refractivity contribution in [2.45, 2.75) is 65.5 Å². The molecule has 32 heavy (non-hydrogen) atoms. The summed E-state index contributed by atoms with van der Waals surface area (Å²) in [4.78, 5) is 27.7. The molecule has 3 rings (SSSR count). The second kappa shape index (κ2) is 11.5. The predicted molar refractivity (Wildman–Crippen MR) is 131 cm³/mol. The molecule has 5 nitrogen and oxygen atoms in total. The fourth-order valence-corrected chi connectivity index (χ4v) is 5.08. The van der Waals surface area contributed by atoms with E-state index >= 15 is 0 Å². The molecule has 174 valence electrons. The van der Waals surface area contributed by atoms with Crippen LogP contribution in [0.25, 0.3) is 10.8 Å². The second-order valence-electron chi connectivity index (χ2n) is 9.68. The topological polar surface area (TPSA) is 75.4 Å². The molecule has 1 aliphatic rings. The number of benzene rings is 2. The third-order valence-electron chi connectivity index (χ3n) is 6.69. The molecule has 0 aliphatic carbocycles. The Balaban J connectivity index is 1.67. The molecule has 3 atom stereocenters. The van der Waals surface area contributed by atoms with E-state index in [0.717, 1.165) is 32.4 Å².